The van der Waals surface area contributed by atoms with Crippen molar-refractivity contribution in [3.05, 3.63) is 0 Å². The summed E-state index contributed by atoms with van der Waals surface area (Å²) in [5, 5.41) is 21.7. The van der Waals surface area contributed by atoms with Crippen LogP contribution in [0.4, 0.5) is 0 Å². The van der Waals surface area contributed by atoms with Gasteiger partial charge in [0.05, 0.1) is 5.60 Å². The molecule has 0 aliphatic carbocycles. The molecule has 0 saturated carbocycles. The SMILES string of the molecule is CC(C)C(CCO)NCCC(C)(C)O. The van der Waals surface area contributed by atoms with Gasteiger partial charge in [0.1, 0.15) is 0 Å². The lowest BCUT2D eigenvalue weighted by molar-refractivity contribution is 0.0693. The zero-order valence-corrected chi connectivity index (χ0v) is 9.88. The van der Waals surface area contributed by atoms with Crippen LogP contribution in [0.2, 0.25) is 0 Å². The van der Waals surface area contributed by atoms with Gasteiger partial charge in [-0.3, -0.25) is 0 Å². The molecule has 3 nitrogen and oxygen atoms in total. The zero-order chi connectivity index (χ0) is 11.2. The molecule has 0 heterocycles. The average molecular weight is 203 g/mol. The third kappa shape index (κ3) is 7.30. The van der Waals surface area contributed by atoms with Gasteiger partial charge < -0.3 is 15.5 Å². The molecule has 1 unspecified atom stereocenters. The van der Waals surface area contributed by atoms with E-state index in [-0.39, 0.29) is 6.61 Å². The number of rotatable bonds is 7. The van der Waals surface area contributed by atoms with Crippen molar-refractivity contribution >= 4 is 0 Å². The van der Waals surface area contributed by atoms with Crippen LogP contribution in [0.1, 0.15) is 40.5 Å². The minimum atomic E-state index is -0.603. The first-order valence-electron chi connectivity index (χ1n) is 5.43. The summed E-state index contributed by atoms with van der Waals surface area (Å²) in [6, 6.07) is 0.349. The minimum absolute atomic E-state index is 0.221. The number of hydrogen-bond acceptors (Lipinski definition) is 3. The summed E-state index contributed by atoms with van der Waals surface area (Å²) in [5.41, 5.74) is -0.603. The van der Waals surface area contributed by atoms with E-state index in [1.807, 2.05) is 13.8 Å². The second-order valence-corrected chi connectivity index (χ2v) is 4.88. The highest BCUT2D eigenvalue weighted by Crippen LogP contribution is 2.09. The lowest BCUT2D eigenvalue weighted by atomic mass is 10.00. The lowest BCUT2D eigenvalue weighted by Crippen LogP contribution is -2.37. The van der Waals surface area contributed by atoms with Crippen LogP contribution >= 0.6 is 0 Å². The standard InChI is InChI=1S/C11H25NO2/c1-9(2)10(5-8-13)12-7-6-11(3,4)14/h9-10,12-14H,5-8H2,1-4H3. The van der Waals surface area contributed by atoms with Gasteiger partial charge in [-0.05, 0) is 39.2 Å². The molecule has 14 heavy (non-hydrogen) atoms. The van der Waals surface area contributed by atoms with Crippen LogP contribution in [0.15, 0.2) is 0 Å². The number of aliphatic hydroxyl groups is 2. The normalized spacial score (nSPS) is 14.8. The highest BCUT2D eigenvalue weighted by atomic mass is 16.3. The second kappa shape index (κ2) is 6.38. The summed E-state index contributed by atoms with van der Waals surface area (Å²) in [7, 11) is 0. The average Bonchev–Trinajstić information content (AvgIpc) is 2.00. The van der Waals surface area contributed by atoms with Crippen LogP contribution in [-0.2, 0) is 0 Å². The molecule has 0 aromatic carbocycles. The molecular weight excluding hydrogens is 178 g/mol. The second-order valence-electron chi connectivity index (χ2n) is 4.88. The Bertz CT molecular complexity index is 141. The molecule has 0 bridgehead atoms. The predicted molar refractivity (Wildman–Crippen MR) is 59.2 cm³/mol. The van der Waals surface area contributed by atoms with Crippen molar-refractivity contribution in [3.8, 4) is 0 Å². The Morgan fingerprint density at radius 1 is 1.29 bits per heavy atom. The Labute approximate surface area is 87.5 Å². The van der Waals surface area contributed by atoms with E-state index in [1.165, 1.54) is 0 Å². The quantitative estimate of drug-likeness (QED) is 0.581. The lowest BCUT2D eigenvalue weighted by Gasteiger charge is -2.24. The molecule has 0 aliphatic rings. The summed E-state index contributed by atoms with van der Waals surface area (Å²) in [6.45, 7) is 8.91. The molecule has 0 aliphatic heterocycles. The maximum absolute atomic E-state index is 9.51. The van der Waals surface area contributed by atoms with E-state index >= 15 is 0 Å². The summed E-state index contributed by atoms with van der Waals surface area (Å²) in [4.78, 5) is 0. The zero-order valence-electron chi connectivity index (χ0n) is 9.88. The summed E-state index contributed by atoms with van der Waals surface area (Å²) in [6.07, 6.45) is 1.52. The van der Waals surface area contributed by atoms with Crippen LogP contribution < -0.4 is 5.32 Å². The fraction of sp³-hybridized carbons (Fsp3) is 1.00. The van der Waals surface area contributed by atoms with Crippen molar-refractivity contribution in [3.63, 3.8) is 0 Å². The fourth-order valence-corrected chi connectivity index (χ4v) is 1.37. The number of aliphatic hydroxyl groups excluding tert-OH is 1. The third-order valence-electron chi connectivity index (χ3n) is 2.39. The van der Waals surface area contributed by atoms with Crippen molar-refractivity contribution in [2.75, 3.05) is 13.2 Å². The van der Waals surface area contributed by atoms with Gasteiger partial charge in [-0.25, -0.2) is 0 Å². The summed E-state index contributed by atoms with van der Waals surface area (Å²) >= 11 is 0. The molecule has 86 valence electrons. The van der Waals surface area contributed by atoms with Gasteiger partial charge in [0, 0.05) is 12.6 Å². The Morgan fingerprint density at radius 2 is 1.86 bits per heavy atom. The summed E-state index contributed by atoms with van der Waals surface area (Å²) in [5.74, 6) is 0.518. The molecule has 0 fully saturated rings. The van der Waals surface area contributed by atoms with E-state index in [2.05, 4.69) is 19.2 Å². The highest BCUT2D eigenvalue weighted by Gasteiger charge is 2.15. The molecule has 0 saturated heterocycles. The molecule has 0 rings (SSSR count). The largest absolute Gasteiger partial charge is 0.396 e. The van der Waals surface area contributed by atoms with E-state index in [0.717, 1.165) is 19.4 Å². The van der Waals surface area contributed by atoms with E-state index in [4.69, 9.17) is 5.11 Å². The van der Waals surface area contributed by atoms with Crippen LogP contribution in [0.3, 0.4) is 0 Å². The molecule has 0 aromatic heterocycles. The first kappa shape index (κ1) is 13.9. The van der Waals surface area contributed by atoms with Crippen LogP contribution in [-0.4, -0.2) is 35.0 Å². The van der Waals surface area contributed by atoms with E-state index in [0.29, 0.717) is 12.0 Å². The smallest absolute Gasteiger partial charge is 0.0603 e. The van der Waals surface area contributed by atoms with Crippen LogP contribution in [0.5, 0.6) is 0 Å². The molecule has 0 radical (unpaired) electrons. The van der Waals surface area contributed by atoms with Crippen molar-refractivity contribution in [1.82, 2.24) is 5.32 Å². The van der Waals surface area contributed by atoms with Gasteiger partial charge in [-0.2, -0.15) is 0 Å². The third-order valence-corrected chi connectivity index (χ3v) is 2.39. The summed E-state index contributed by atoms with van der Waals surface area (Å²) < 4.78 is 0. The van der Waals surface area contributed by atoms with Crippen molar-refractivity contribution in [2.24, 2.45) is 5.92 Å². The van der Waals surface area contributed by atoms with Crippen LogP contribution in [0, 0.1) is 5.92 Å². The monoisotopic (exact) mass is 203 g/mol. The first-order valence-corrected chi connectivity index (χ1v) is 5.43. The van der Waals surface area contributed by atoms with Crippen molar-refractivity contribution in [2.45, 2.75) is 52.2 Å². The Balaban J connectivity index is 3.72. The Morgan fingerprint density at radius 3 is 2.21 bits per heavy atom. The van der Waals surface area contributed by atoms with Gasteiger partial charge in [-0.1, -0.05) is 13.8 Å². The molecule has 0 spiro atoms. The van der Waals surface area contributed by atoms with Crippen molar-refractivity contribution in [1.29, 1.82) is 0 Å². The maximum atomic E-state index is 9.51. The first-order chi connectivity index (χ1) is 6.37. The van der Waals surface area contributed by atoms with E-state index < -0.39 is 5.60 Å². The number of hydrogen-bond donors (Lipinski definition) is 3. The van der Waals surface area contributed by atoms with Gasteiger partial charge in [0.25, 0.3) is 0 Å². The molecular formula is C11H25NO2. The Hall–Kier alpha value is -0.120. The molecule has 3 heteroatoms. The van der Waals surface area contributed by atoms with E-state index in [9.17, 15) is 5.11 Å². The van der Waals surface area contributed by atoms with Crippen molar-refractivity contribution < 1.29 is 10.2 Å². The maximum Gasteiger partial charge on any atom is 0.0603 e. The van der Waals surface area contributed by atoms with Gasteiger partial charge in [-0.15, -0.1) is 0 Å². The van der Waals surface area contributed by atoms with Gasteiger partial charge in [0.2, 0.25) is 0 Å². The highest BCUT2D eigenvalue weighted by molar-refractivity contribution is 4.73. The van der Waals surface area contributed by atoms with Gasteiger partial charge in [0.15, 0.2) is 0 Å². The minimum Gasteiger partial charge on any atom is -0.396 e. The number of nitrogens with one attached hydrogen (secondary N) is 1. The van der Waals surface area contributed by atoms with E-state index in [1.54, 1.807) is 0 Å². The predicted octanol–water partition coefficient (Wildman–Crippen LogP) is 1.14. The fourth-order valence-electron chi connectivity index (χ4n) is 1.37. The molecule has 3 N–H and O–H groups in total. The van der Waals surface area contributed by atoms with Crippen LogP contribution in [0.25, 0.3) is 0 Å². The Kier molecular flexibility index (Phi) is 6.33. The molecule has 1 atom stereocenters. The molecule has 0 amide bonds. The molecule has 0 aromatic rings. The van der Waals surface area contributed by atoms with Gasteiger partial charge >= 0.3 is 0 Å². The topological polar surface area (TPSA) is 52.5 Å².